The smallest absolute Gasteiger partial charge is 0.331 e. The second-order valence-electron chi connectivity index (χ2n) is 3.53. The van der Waals surface area contributed by atoms with E-state index in [2.05, 4.69) is 0 Å². The number of aliphatic carboxylic acids is 2. The maximum absolute atomic E-state index is 10.9. The molecule has 0 spiro atoms. The number of hydrogen-bond donors (Lipinski definition) is 3. The zero-order valence-electron chi connectivity index (χ0n) is 9.04. The van der Waals surface area contributed by atoms with Crippen LogP contribution in [0, 0.1) is 0 Å². The molecule has 1 atom stereocenters. The molecule has 0 amide bonds. The number of hydrogen-bond acceptors (Lipinski definition) is 3. The second kappa shape index (κ2) is 5.81. The lowest BCUT2D eigenvalue weighted by Crippen LogP contribution is -2.31. The highest BCUT2D eigenvalue weighted by Gasteiger charge is 2.17. The molecule has 0 heterocycles. The van der Waals surface area contributed by atoms with Crippen molar-refractivity contribution in [2.45, 2.75) is 12.5 Å². The first-order valence-corrected chi connectivity index (χ1v) is 4.98. The molecular weight excluding hydrogens is 222 g/mol. The Kier molecular flexibility index (Phi) is 4.42. The standard InChI is InChI=1S/C12H13NO4/c13-10(12(16)17)7-9(11(14)15)6-8-4-2-1-3-5-8/h1-6,10H,7,13H2,(H,14,15)(H,16,17)/b9-6+/t10-/m1/s1. The molecule has 5 heteroatoms. The SMILES string of the molecule is N[C@H](C/C(=C\c1ccccc1)C(=O)O)C(=O)O. The van der Waals surface area contributed by atoms with Crippen LogP contribution in [0.3, 0.4) is 0 Å². The highest BCUT2D eigenvalue weighted by Crippen LogP contribution is 2.11. The van der Waals surface area contributed by atoms with E-state index in [4.69, 9.17) is 15.9 Å². The lowest BCUT2D eigenvalue weighted by atomic mass is 10.0. The molecular formula is C12H13NO4. The maximum Gasteiger partial charge on any atom is 0.331 e. The van der Waals surface area contributed by atoms with E-state index in [-0.39, 0.29) is 12.0 Å². The Morgan fingerprint density at radius 3 is 2.29 bits per heavy atom. The van der Waals surface area contributed by atoms with Crippen molar-refractivity contribution < 1.29 is 19.8 Å². The van der Waals surface area contributed by atoms with Crippen LogP contribution >= 0.6 is 0 Å². The Hall–Kier alpha value is -2.14. The fourth-order valence-electron chi connectivity index (χ4n) is 1.28. The molecule has 0 aliphatic carbocycles. The number of carbonyl (C=O) groups is 2. The molecule has 0 unspecified atom stereocenters. The number of nitrogens with two attached hydrogens (primary N) is 1. The molecule has 0 aliphatic rings. The summed E-state index contributed by atoms with van der Waals surface area (Å²) in [7, 11) is 0. The van der Waals surface area contributed by atoms with Gasteiger partial charge in [0.2, 0.25) is 0 Å². The Morgan fingerprint density at radius 1 is 1.24 bits per heavy atom. The Labute approximate surface area is 98.2 Å². The van der Waals surface area contributed by atoms with Gasteiger partial charge >= 0.3 is 11.9 Å². The van der Waals surface area contributed by atoms with Crippen LogP contribution in [-0.4, -0.2) is 28.2 Å². The van der Waals surface area contributed by atoms with Gasteiger partial charge in [-0.2, -0.15) is 0 Å². The van der Waals surface area contributed by atoms with Crippen LogP contribution in [-0.2, 0) is 9.59 Å². The van der Waals surface area contributed by atoms with Gasteiger partial charge in [-0.1, -0.05) is 30.3 Å². The summed E-state index contributed by atoms with van der Waals surface area (Å²) in [4.78, 5) is 21.5. The van der Waals surface area contributed by atoms with Crippen molar-refractivity contribution in [2.24, 2.45) is 5.73 Å². The molecule has 5 nitrogen and oxygen atoms in total. The zero-order valence-corrected chi connectivity index (χ0v) is 9.04. The maximum atomic E-state index is 10.9. The second-order valence-corrected chi connectivity index (χ2v) is 3.53. The van der Waals surface area contributed by atoms with E-state index in [9.17, 15) is 9.59 Å². The predicted octanol–water partition coefficient (Wildman–Crippen LogP) is 0.957. The van der Waals surface area contributed by atoms with Crippen molar-refractivity contribution in [3.8, 4) is 0 Å². The molecule has 0 bridgehead atoms. The predicted molar refractivity (Wildman–Crippen MR) is 62.3 cm³/mol. The summed E-state index contributed by atoms with van der Waals surface area (Å²) < 4.78 is 0. The molecule has 1 aromatic rings. The fraction of sp³-hybridized carbons (Fsp3) is 0.167. The summed E-state index contributed by atoms with van der Waals surface area (Å²) in [5.74, 6) is -2.38. The van der Waals surface area contributed by atoms with Gasteiger partial charge in [-0.25, -0.2) is 4.79 Å². The van der Waals surface area contributed by atoms with Gasteiger partial charge in [-0.15, -0.1) is 0 Å². The van der Waals surface area contributed by atoms with Crippen molar-refractivity contribution in [1.82, 2.24) is 0 Å². The minimum atomic E-state index is -1.22. The fourth-order valence-corrected chi connectivity index (χ4v) is 1.28. The van der Waals surface area contributed by atoms with Gasteiger partial charge in [0.15, 0.2) is 0 Å². The first-order chi connectivity index (χ1) is 8.00. The third-order valence-corrected chi connectivity index (χ3v) is 2.17. The molecule has 4 N–H and O–H groups in total. The Balaban J connectivity index is 2.91. The first-order valence-electron chi connectivity index (χ1n) is 4.98. The minimum Gasteiger partial charge on any atom is -0.480 e. The molecule has 1 aromatic carbocycles. The van der Waals surface area contributed by atoms with E-state index in [1.807, 2.05) is 0 Å². The quantitative estimate of drug-likeness (QED) is 0.660. The normalized spacial score (nSPS) is 13.1. The highest BCUT2D eigenvalue weighted by atomic mass is 16.4. The summed E-state index contributed by atoms with van der Waals surface area (Å²) in [6.45, 7) is 0. The summed E-state index contributed by atoms with van der Waals surface area (Å²) in [6, 6.07) is 7.59. The van der Waals surface area contributed by atoms with Crippen LogP contribution < -0.4 is 5.73 Å². The number of carboxylic acid groups (broad SMARTS) is 2. The molecule has 1 rings (SSSR count). The van der Waals surface area contributed by atoms with Crippen molar-refractivity contribution in [3.05, 3.63) is 41.5 Å². The van der Waals surface area contributed by atoms with Crippen LogP contribution in [0.4, 0.5) is 0 Å². The summed E-state index contributed by atoms with van der Waals surface area (Å²) in [5, 5.41) is 17.6. The molecule has 0 saturated heterocycles. The van der Waals surface area contributed by atoms with E-state index in [1.54, 1.807) is 30.3 Å². The van der Waals surface area contributed by atoms with Crippen molar-refractivity contribution in [2.75, 3.05) is 0 Å². The number of carboxylic acids is 2. The Morgan fingerprint density at radius 2 is 1.82 bits per heavy atom. The van der Waals surface area contributed by atoms with E-state index in [1.165, 1.54) is 6.08 Å². The average Bonchev–Trinajstić information content (AvgIpc) is 2.29. The molecule has 17 heavy (non-hydrogen) atoms. The largest absolute Gasteiger partial charge is 0.480 e. The first kappa shape index (κ1) is 12.9. The van der Waals surface area contributed by atoms with E-state index >= 15 is 0 Å². The van der Waals surface area contributed by atoms with Crippen molar-refractivity contribution in [3.63, 3.8) is 0 Å². The molecule has 90 valence electrons. The van der Waals surface area contributed by atoms with Gasteiger partial charge in [0.05, 0.1) is 0 Å². The summed E-state index contributed by atoms with van der Waals surface area (Å²) in [6.07, 6.45) is 1.21. The lowest BCUT2D eigenvalue weighted by Gasteiger charge is -2.07. The summed E-state index contributed by atoms with van der Waals surface area (Å²) in [5.41, 5.74) is 5.98. The van der Waals surface area contributed by atoms with Crippen molar-refractivity contribution in [1.29, 1.82) is 0 Å². The highest BCUT2D eigenvalue weighted by molar-refractivity contribution is 5.93. The lowest BCUT2D eigenvalue weighted by molar-refractivity contribution is -0.138. The number of benzene rings is 1. The number of rotatable bonds is 5. The molecule has 0 radical (unpaired) electrons. The monoisotopic (exact) mass is 235 g/mol. The Bertz CT molecular complexity index is 439. The van der Waals surface area contributed by atoms with Gasteiger partial charge in [-0.3, -0.25) is 4.79 Å². The van der Waals surface area contributed by atoms with Crippen LogP contribution in [0.1, 0.15) is 12.0 Å². The summed E-state index contributed by atoms with van der Waals surface area (Å²) >= 11 is 0. The average molecular weight is 235 g/mol. The molecule has 0 aliphatic heterocycles. The molecule has 0 saturated carbocycles. The minimum absolute atomic E-state index is 0.0221. The van der Waals surface area contributed by atoms with Crippen molar-refractivity contribution >= 4 is 18.0 Å². The van der Waals surface area contributed by atoms with E-state index in [0.29, 0.717) is 5.56 Å². The van der Waals surface area contributed by atoms with Gasteiger partial charge in [0, 0.05) is 12.0 Å². The zero-order chi connectivity index (χ0) is 12.8. The van der Waals surface area contributed by atoms with Gasteiger partial charge in [0.1, 0.15) is 6.04 Å². The van der Waals surface area contributed by atoms with Gasteiger partial charge in [-0.05, 0) is 11.6 Å². The van der Waals surface area contributed by atoms with Crippen LogP contribution in [0.25, 0.3) is 6.08 Å². The van der Waals surface area contributed by atoms with E-state index < -0.39 is 18.0 Å². The van der Waals surface area contributed by atoms with E-state index in [0.717, 1.165) is 0 Å². The molecule has 0 fully saturated rings. The van der Waals surface area contributed by atoms with Gasteiger partial charge < -0.3 is 15.9 Å². The topological polar surface area (TPSA) is 101 Å². The van der Waals surface area contributed by atoms with Crippen LogP contribution in [0.2, 0.25) is 0 Å². The molecule has 0 aromatic heterocycles. The van der Waals surface area contributed by atoms with Crippen LogP contribution in [0.15, 0.2) is 35.9 Å². The van der Waals surface area contributed by atoms with Gasteiger partial charge in [0.25, 0.3) is 0 Å². The third-order valence-electron chi connectivity index (χ3n) is 2.17. The third kappa shape index (κ3) is 4.08. The van der Waals surface area contributed by atoms with Crippen LogP contribution in [0.5, 0.6) is 0 Å².